The summed E-state index contributed by atoms with van der Waals surface area (Å²) in [6.45, 7) is 0. The second kappa shape index (κ2) is 6.39. The van der Waals surface area contributed by atoms with E-state index in [9.17, 15) is 0 Å². The van der Waals surface area contributed by atoms with E-state index in [2.05, 4.69) is 65.6 Å². The van der Waals surface area contributed by atoms with Gasteiger partial charge in [-0.25, -0.2) is 0 Å². The third-order valence-electron chi connectivity index (χ3n) is 3.33. The van der Waals surface area contributed by atoms with Crippen molar-refractivity contribution in [2.45, 2.75) is 13.8 Å². The van der Waals surface area contributed by atoms with Crippen molar-refractivity contribution >= 4 is 18.8 Å². The maximum absolute atomic E-state index is 5.96. The Balaban J connectivity index is 2.11. The van der Waals surface area contributed by atoms with E-state index in [1.54, 1.807) is 0 Å². The van der Waals surface area contributed by atoms with Gasteiger partial charge >= 0.3 is 115 Å². The molecule has 18 heavy (non-hydrogen) atoms. The molecule has 2 aromatic rings. The molecule has 0 aliphatic carbocycles. The Morgan fingerprint density at radius 3 is 1.50 bits per heavy atom. The van der Waals surface area contributed by atoms with Crippen LogP contribution in [0.5, 0.6) is 0 Å². The molecule has 0 heterocycles. The van der Waals surface area contributed by atoms with E-state index in [1.807, 2.05) is 7.11 Å². The molecule has 0 aliphatic heterocycles. The number of hydrogen-bond donors (Lipinski definition) is 0. The van der Waals surface area contributed by atoms with E-state index >= 15 is 0 Å². The monoisotopic (exact) mass is 348 g/mol. The molecular weight excluding hydrogens is 327 g/mol. The molecule has 0 aliphatic rings. The van der Waals surface area contributed by atoms with Crippen molar-refractivity contribution in [1.29, 1.82) is 0 Å². The van der Waals surface area contributed by atoms with Crippen LogP contribution in [-0.2, 0) is 11.9 Å². The second-order valence-electron chi connectivity index (χ2n) is 4.98. The minimum atomic E-state index is -2.50. The summed E-state index contributed by atoms with van der Waals surface area (Å²) in [4.78, 5) is 2.38. The van der Waals surface area contributed by atoms with Gasteiger partial charge in [-0.3, -0.25) is 0 Å². The van der Waals surface area contributed by atoms with Gasteiger partial charge in [0.1, 0.15) is 0 Å². The SMILES string of the molecule is C[O][Sn]([CH3])([CH2]c1ccccc1)[CH2]c1ccccc1. The Kier molecular flexibility index (Phi) is 4.84. The van der Waals surface area contributed by atoms with Crippen LogP contribution < -0.4 is 0 Å². The molecule has 0 aromatic heterocycles. The molecule has 2 aromatic carbocycles. The molecule has 1 nitrogen and oxygen atoms in total. The van der Waals surface area contributed by atoms with Crippen LogP contribution in [0, 0.1) is 0 Å². The first-order valence-corrected chi connectivity index (χ1v) is 14.4. The average Bonchev–Trinajstić information content (AvgIpc) is 2.41. The standard InChI is InChI=1S/2C7H7.CH3O.CH3.Sn/c2*1-7-5-3-2-4-6-7;1-2;;/h2*2-6H,1H2;1H3;1H3;/q;;-1;;+1. The van der Waals surface area contributed by atoms with Gasteiger partial charge in [-0.1, -0.05) is 0 Å². The molecule has 0 N–H and O–H groups in total. The first kappa shape index (κ1) is 13.6. The normalized spacial score (nSPS) is 11.4. The van der Waals surface area contributed by atoms with Gasteiger partial charge in [-0.2, -0.15) is 0 Å². The average molecular weight is 347 g/mol. The van der Waals surface area contributed by atoms with Gasteiger partial charge in [-0.15, -0.1) is 0 Å². The summed E-state index contributed by atoms with van der Waals surface area (Å²) in [5.41, 5.74) is 2.82. The van der Waals surface area contributed by atoms with Gasteiger partial charge in [0.05, 0.1) is 0 Å². The van der Waals surface area contributed by atoms with Gasteiger partial charge in [0.25, 0.3) is 0 Å². The molecule has 0 atom stereocenters. The topological polar surface area (TPSA) is 9.23 Å². The Bertz CT molecular complexity index is 425. The predicted octanol–water partition coefficient (Wildman–Crippen LogP) is 3.77. The van der Waals surface area contributed by atoms with Crippen LogP contribution in [-0.4, -0.2) is 25.9 Å². The zero-order valence-corrected chi connectivity index (χ0v) is 14.0. The third kappa shape index (κ3) is 3.85. The summed E-state index contributed by atoms with van der Waals surface area (Å²) in [6.07, 6.45) is 0. The first-order valence-electron chi connectivity index (χ1n) is 6.35. The Morgan fingerprint density at radius 1 is 0.778 bits per heavy atom. The van der Waals surface area contributed by atoms with Crippen molar-refractivity contribution in [3.63, 3.8) is 0 Å². The first-order chi connectivity index (χ1) is 8.72. The number of benzene rings is 2. The van der Waals surface area contributed by atoms with Gasteiger partial charge in [-0.05, 0) is 0 Å². The molecule has 0 unspecified atom stereocenters. The Hall–Kier alpha value is -0.801. The van der Waals surface area contributed by atoms with Gasteiger partial charge in [0.2, 0.25) is 0 Å². The predicted molar refractivity (Wildman–Crippen MR) is 78.9 cm³/mol. The van der Waals surface area contributed by atoms with E-state index < -0.39 is 18.8 Å². The fourth-order valence-corrected chi connectivity index (χ4v) is 9.72. The molecule has 0 fully saturated rings. The summed E-state index contributed by atoms with van der Waals surface area (Å²) < 4.78 is 8.24. The summed E-state index contributed by atoms with van der Waals surface area (Å²) in [5, 5.41) is 0. The molecule has 0 amide bonds. The third-order valence-corrected chi connectivity index (χ3v) is 12.7. The fraction of sp³-hybridized carbons (Fsp3) is 0.250. The van der Waals surface area contributed by atoms with Crippen LogP contribution in [0.3, 0.4) is 0 Å². The zero-order chi connectivity index (χ0) is 12.8. The number of hydrogen-bond acceptors (Lipinski definition) is 1. The molecule has 0 spiro atoms. The van der Waals surface area contributed by atoms with E-state index in [-0.39, 0.29) is 0 Å². The summed E-state index contributed by atoms with van der Waals surface area (Å²) >= 11 is -2.50. The quantitative estimate of drug-likeness (QED) is 0.749. The van der Waals surface area contributed by atoms with E-state index in [1.165, 1.54) is 11.1 Å². The molecule has 0 saturated heterocycles. The minimum absolute atomic E-state index is 1.14. The van der Waals surface area contributed by atoms with E-state index in [0.29, 0.717) is 0 Å². The fourth-order valence-electron chi connectivity index (χ4n) is 2.26. The van der Waals surface area contributed by atoms with Crippen LogP contribution in [0.25, 0.3) is 0 Å². The summed E-state index contributed by atoms with van der Waals surface area (Å²) in [7, 11) is 1.89. The van der Waals surface area contributed by atoms with Crippen LogP contribution in [0.15, 0.2) is 60.7 Å². The van der Waals surface area contributed by atoms with Crippen molar-refractivity contribution in [3.8, 4) is 0 Å². The molecular formula is C16H20OSn. The van der Waals surface area contributed by atoms with Crippen LogP contribution in [0.1, 0.15) is 11.1 Å². The zero-order valence-electron chi connectivity index (χ0n) is 11.1. The van der Waals surface area contributed by atoms with Crippen molar-refractivity contribution in [2.75, 3.05) is 7.11 Å². The molecule has 2 heteroatoms. The van der Waals surface area contributed by atoms with Crippen LogP contribution in [0.2, 0.25) is 4.94 Å². The van der Waals surface area contributed by atoms with Crippen molar-refractivity contribution in [2.24, 2.45) is 0 Å². The Morgan fingerprint density at radius 2 is 1.17 bits per heavy atom. The summed E-state index contributed by atoms with van der Waals surface area (Å²) in [5.74, 6) is 0. The molecule has 0 bridgehead atoms. The summed E-state index contributed by atoms with van der Waals surface area (Å²) in [6, 6.07) is 21.4. The van der Waals surface area contributed by atoms with Gasteiger partial charge in [0, 0.05) is 0 Å². The van der Waals surface area contributed by atoms with E-state index in [4.69, 9.17) is 3.07 Å². The van der Waals surface area contributed by atoms with Crippen LogP contribution >= 0.6 is 0 Å². The van der Waals surface area contributed by atoms with Gasteiger partial charge < -0.3 is 0 Å². The van der Waals surface area contributed by atoms with Crippen LogP contribution in [0.4, 0.5) is 0 Å². The van der Waals surface area contributed by atoms with E-state index in [0.717, 1.165) is 8.87 Å². The molecule has 2 rings (SSSR count). The second-order valence-corrected chi connectivity index (χ2v) is 16.4. The Labute approximate surface area is 114 Å². The molecule has 0 radical (unpaired) electrons. The number of rotatable bonds is 5. The van der Waals surface area contributed by atoms with Crippen molar-refractivity contribution < 1.29 is 3.07 Å². The molecule has 94 valence electrons. The van der Waals surface area contributed by atoms with Crippen molar-refractivity contribution in [3.05, 3.63) is 71.8 Å². The maximum atomic E-state index is 5.96. The molecule has 0 saturated carbocycles. The van der Waals surface area contributed by atoms with Gasteiger partial charge in [0.15, 0.2) is 0 Å². The van der Waals surface area contributed by atoms with Crippen molar-refractivity contribution in [1.82, 2.24) is 0 Å².